The van der Waals surface area contributed by atoms with Crippen molar-refractivity contribution in [3.05, 3.63) is 65.4 Å². The van der Waals surface area contributed by atoms with Gasteiger partial charge < -0.3 is 20.1 Å². The van der Waals surface area contributed by atoms with Gasteiger partial charge in [0.05, 0.1) is 0 Å². The highest BCUT2D eigenvalue weighted by atomic mass is 35.5. The Hall–Kier alpha value is -2.99. The van der Waals surface area contributed by atoms with E-state index in [1.807, 2.05) is 42.5 Å². The second kappa shape index (κ2) is 7.49. The molecule has 132 valence electrons. The van der Waals surface area contributed by atoms with Crippen molar-refractivity contribution in [3.63, 3.8) is 0 Å². The van der Waals surface area contributed by atoms with Gasteiger partial charge in [0.1, 0.15) is 18.0 Å². The highest BCUT2D eigenvalue weighted by molar-refractivity contribution is 6.30. The van der Waals surface area contributed by atoms with Crippen molar-refractivity contribution in [2.75, 3.05) is 24.0 Å². The van der Waals surface area contributed by atoms with Gasteiger partial charge in [0.2, 0.25) is 6.79 Å². The molecule has 0 aliphatic carbocycles. The molecule has 1 aliphatic rings. The third-order valence-corrected chi connectivity index (χ3v) is 4.16. The molecule has 2 heterocycles. The number of nitrogens with zero attached hydrogens (tertiary/aromatic N) is 2. The van der Waals surface area contributed by atoms with Crippen molar-refractivity contribution < 1.29 is 9.47 Å². The number of nitrogens with one attached hydrogen (secondary N) is 2. The third-order valence-electron chi connectivity index (χ3n) is 3.92. The minimum atomic E-state index is 0.257. The van der Waals surface area contributed by atoms with E-state index in [4.69, 9.17) is 21.1 Å². The summed E-state index contributed by atoms with van der Waals surface area (Å²) in [4.78, 5) is 8.51. The number of hydrogen-bond donors (Lipinski definition) is 2. The summed E-state index contributed by atoms with van der Waals surface area (Å²) < 4.78 is 10.7. The lowest BCUT2D eigenvalue weighted by Gasteiger charge is -2.09. The summed E-state index contributed by atoms with van der Waals surface area (Å²) in [6, 6.07) is 15.4. The van der Waals surface area contributed by atoms with E-state index in [1.54, 1.807) is 0 Å². The lowest BCUT2D eigenvalue weighted by atomic mass is 10.1. The normalized spacial score (nSPS) is 12.0. The van der Waals surface area contributed by atoms with Gasteiger partial charge in [-0.25, -0.2) is 9.97 Å². The summed E-state index contributed by atoms with van der Waals surface area (Å²) in [6.45, 7) is 1.01. The Morgan fingerprint density at radius 3 is 2.77 bits per heavy atom. The Morgan fingerprint density at radius 1 is 0.962 bits per heavy atom. The Labute approximate surface area is 156 Å². The van der Waals surface area contributed by atoms with Gasteiger partial charge in [0.15, 0.2) is 11.5 Å². The SMILES string of the molecule is Clc1cccc(CCNc2cc(Nc3ccc4c(c3)OCO4)ncn2)c1. The van der Waals surface area contributed by atoms with E-state index < -0.39 is 0 Å². The van der Waals surface area contributed by atoms with Gasteiger partial charge in [-0.1, -0.05) is 23.7 Å². The maximum Gasteiger partial charge on any atom is 0.231 e. The van der Waals surface area contributed by atoms with Crippen molar-refractivity contribution in [1.82, 2.24) is 9.97 Å². The molecule has 0 saturated heterocycles. The van der Waals surface area contributed by atoms with Gasteiger partial charge in [-0.15, -0.1) is 0 Å². The molecule has 3 aromatic rings. The van der Waals surface area contributed by atoms with Gasteiger partial charge in [-0.3, -0.25) is 0 Å². The molecule has 0 fully saturated rings. The quantitative estimate of drug-likeness (QED) is 0.677. The molecular weight excluding hydrogens is 352 g/mol. The minimum absolute atomic E-state index is 0.257. The van der Waals surface area contributed by atoms with Crippen LogP contribution in [0, 0.1) is 0 Å². The lowest BCUT2D eigenvalue weighted by Crippen LogP contribution is -2.07. The Balaban J connectivity index is 1.37. The van der Waals surface area contributed by atoms with E-state index in [0.717, 1.165) is 41.0 Å². The summed E-state index contributed by atoms with van der Waals surface area (Å²) in [5.74, 6) is 2.93. The number of aromatic nitrogens is 2. The number of anilines is 3. The van der Waals surface area contributed by atoms with Crippen molar-refractivity contribution in [2.45, 2.75) is 6.42 Å². The first-order valence-corrected chi connectivity index (χ1v) is 8.61. The minimum Gasteiger partial charge on any atom is -0.454 e. The first-order valence-electron chi connectivity index (χ1n) is 8.23. The number of fused-ring (bicyclic) bond motifs is 1. The number of benzene rings is 2. The van der Waals surface area contributed by atoms with Crippen LogP contribution in [-0.2, 0) is 6.42 Å². The lowest BCUT2D eigenvalue weighted by molar-refractivity contribution is 0.174. The zero-order valence-corrected chi connectivity index (χ0v) is 14.7. The molecule has 0 unspecified atom stereocenters. The molecule has 1 aliphatic heterocycles. The molecule has 6 nitrogen and oxygen atoms in total. The second-order valence-corrected chi connectivity index (χ2v) is 6.22. The predicted molar refractivity (Wildman–Crippen MR) is 102 cm³/mol. The summed E-state index contributed by atoms with van der Waals surface area (Å²) in [7, 11) is 0. The van der Waals surface area contributed by atoms with Crippen LogP contribution in [0.1, 0.15) is 5.56 Å². The van der Waals surface area contributed by atoms with E-state index in [0.29, 0.717) is 5.82 Å². The molecule has 2 aromatic carbocycles. The van der Waals surface area contributed by atoms with E-state index in [-0.39, 0.29) is 6.79 Å². The molecule has 0 atom stereocenters. The third kappa shape index (κ3) is 3.97. The Kier molecular flexibility index (Phi) is 4.75. The van der Waals surface area contributed by atoms with Gasteiger partial charge in [0, 0.05) is 29.4 Å². The van der Waals surface area contributed by atoms with Gasteiger partial charge in [-0.05, 0) is 36.2 Å². The van der Waals surface area contributed by atoms with Crippen LogP contribution in [0.25, 0.3) is 0 Å². The molecule has 2 N–H and O–H groups in total. The largest absolute Gasteiger partial charge is 0.454 e. The Bertz CT molecular complexity index is 920. The van der Waals surface area contributed by atoms with E-state index in [2.05, 4.69) is 26.7 Å². The van der Waals surface area contributed by atoms with Crippen LogP contribution < -0.4 is 20.1 Å². The van der Waals surface area contributed by atoms with Crippen molar-refractivity contribution in [3.8, 4) is 11.5 Å². The van der Waals surface area contributed by atoms with Crippen LogP contribution in [0.4, 0.5) is 17.3 Å². The van der Waals surface area contributed by atoms with Gasteiger partial charge in [0.25, 0.3) is 0 Å². The van der Waals surface area contributed by atoms with Crippen LogP contribution in [0.3, 0.4) is 0 Å². The van der Waals surface area contributed by atoms with Gasteiger partial charge in [-0.2, -0.15) is 0 Å². The van der Waals surface area contributed by atoms with E-state index >= 15 is 0 Å². The van der Waals surface area contributed by atoms with E-state index in [9.17, 15) is 0 Å². The zero-order chi connectivity index (χ0) is 17.8. The topological polar surface area (TPSA) is 68.3 Å². The van der Waals surface area contributed by atoms with Crippen LogP contribution in [0.15, 0.2) is 54.9 Å². The number of ether oxygens (including phenoxy) is 2. The molecule has 0 radical (unpaired) electrons. The Morgan fingerprint density at radius 2 is 1.85 bits per heavy atom. The molecule has 7 heteroatoms. The fourth-order valence-corrected chi connectivity index (χ4v) is 2.88. The molecule has 0 saturated carbocycles. The monoisotopic (exact) mass is 368 g/mol. The van der Waals surface area contributed by atoms with Crippen LogP contribution in [-0.4, -0.2) is 23.3 Å². The molecule has 0 spiro atoms. The van der Waals surface area contributed by atoms with Crippen LogP contribution in [0.5, 0.6) is 11.5 Å². The first-order chi connectivity index (χ1) is 12.8. The molecule has 0 amide bonds. The van der Waals surface area contributed by atoms with E-state index in [1.165, 1.54) is 11.9 Å². The predicted octanol–water partition coefficient (Wildman–Crippen LogP) is 4.26. The van der Waals surface area contributed by atoms with Crippen molar-refractivity contribution in [1.29, 1.82) is 0 Å². The maximum atomic E-state index is 6.01. The highest BCUT2D eigenvalue weighted by Crippen LogP contribution is 2.34. The standard InChI is InChI=1S/C19H17ClN4O2/c20-14-3-1-2-13(8-14)6-7-21-18-10-19(23-11-22-18)24-15-4-5-16-17(9-15)26-12-25-16/h1-5,8-11H,6-7,12H2,(H2,21,22,23,24). The smallest absolute Gasteiger partial charge is 0.231 e. The number of halogens is 1. The molecule has 0 bridgehead atoms. The summed E-state index contributed by atoms with van der Waals surface area (Å²) in [6.07, 6.45) is 2.38. The summed E-state index contributed by atoms with van der Waals surface area (Å²) in [5.41, 5.74) is 2.05. The first kappa shape index (κ1) is 16.5. The maximum absolute atomic E-state index is 6.01. The molecule has 1 aromatic heterocycles. The summed E-state index contributed by atoms with van der Waals surface area (Å²) in [5, 5.41) is 7.30. The van der Waals surface area contributed by atoms with Gasteiger partial charge >= 0.3 is 0 Å². The highest BCUT2D eigenvalue weighted by Gasteiger charge is 2.13. The molecule has 4 rings (SSSR count). The molecular formula is C19H17ClN4O2. The van der Waals surface area contributed by atoms with Crippen molar-refractivity contribution in [2.24, 2.45) is 0 Å². The van der Waals surface area contributed by atoms with Crippen LogP contribution in [0.2, 0.25) is 5.02 Å². The fraction of sp³-hybridized carbons (Fsp3) is 0.158. The number of rotatable bonds is 6. The number of hydrogen-bond acceptors (Lipinski definition) is 6. The average Bonchev–Trinajstić information content (AvgIpc) is 3.10. The zero-order valence-electron chi connectivity index (χ0n) is 13.9. The summed E-state index contributed by atoms with van der Waals surface area (Å²) >= 11 is 6.01. The molecule has 26 heavy (non-hydrogen) atoms. The second-order valence-electron chi connectivity index (χ2n) is 5.79. The van der Waals surface area contributed by atoms with Crippen LogP contribution >= 0.6 is 11.6 Å². The van der Waals surface area contributed by atoms with Crippen molar-refractivity contribution >= 4 is 28.9 Å². The fourth-order valence-electron chi connectivity index (χ4n) is 2.67. The average molecular weight is 369 g/mol.